The second kappa shape index (κ2) is 5.27. The first-order chi connectivity index (χ1) is 9.15. The summed E-state index contributed by atoms with van der Waals surface area (Å²) in [5, 5.41) is 7.54. The van der Waals surface area contributed by atoms with Gasteiger partial charge in [0.15, 0.2) is 0 Å². The standard InChI is InChI=1S/C14H20BrN3O/c1-9-5-11(9)6-16-13-12(15)7-17-18(14(13)19)8-10-3-2-4-10/h7,9-11,16H,2-6,8H2,1H3. The SMILES string of the molecule is CC1CC1CNc1c(Br)cnn(CC2CCC2)c1=O. The molecule has 3 rings (SSSR count). The van der Waals surface area contributed by atoms with E-state index in [4.69, 9.17) is 0 Å². The number of aromatic nitrogens is 2. The number of halogens is 1. The van der Waals surface area contributed by atoms with E-state index >= 15 is 0 Å². The summed E-state index contributed by atoms with van der Waals surface area (Å²) >= 11 is 3.43. The largest absolute Gasteiger partial charge is 0.379 e. The van der Waals surface area contributed by atoms with E-state index in [1.807, 2.05) is 0 Å². The van der Waals surface area contributed by atoms with Gasteiger partial charge in [0.1, 0.15) is 5.69 Å². The van der Waals surface area contributed by atoms with Gasteiger partial charge in [0.05, 0.1) is 10.7 Å². The maximum atomic E-state index is 12.4. The Balaban J connectivity index is 1.73. The van der Waals surface area contributed by atoms with Gasteiger partial charge in [-0.05, 0) is 52.9 Å². The van der Waals surface area contributed by atoms with Gasteiger partial charge >= 0.3 is 0 Å². The van der Waals surface area contributed by atoms with Crippen molar-refractivity contribution in [1.29, 1.82) is 0 Å². The maximum Gasteiger partial charge on any atom is 0.291 e. The van der Waals surface area contributed by atoms with Crippen LogP contribution in [0.25, 0.3) is 0 Å². The van der Waals surface area contributed by atoms with Gasteiger partial charge in [0.2, 0.25) is 0 Å². The minimum atomic E-state index is 0.00887. The van der Waals surface area contributed by atoms with Gasteiger partial charge in [-0.15, -0.1) is 0 Å². The van der Waals surface area contributed by atoms with Crippen molar-refractivity contribution in [2.75, 3.05) is 11.9 Å². The molecule has 0 radical (unpaired) electrons. The Labute approximate surface area is 121 Å². The summed E-state index contributed by atoms with van der Waals surface area (Å²) in [5.74, 6) is 2.16. The molecule has 2 saturated carbocycles. The molecule has 2 aliphatic rings. The van der Waals surface area contributed by atoms with Crippen LogP contribution in [-0.2, 0) is 6.54 Å². The zero-order valence-corrected chi connectivity index (χ0v) is 12.8. The molecule has 0 aromatic carbocycles. The van der Waals surface area contributed by atoms with Gasteiger partial charge in [-0.1, -0.05) is 13.3 Å². The topological polar surface area (TPSA) is 46.9 Å². The summed E-state index contributed by atoms with van der Waals surface area (Å²) in [7, 11) is 0. The smallest absolute Gasteiger partial charge is 0.291 e. The molecule has 1 aromatic heterocycles. The Morgan fingerprint density at radius 2 is 2.26 bits per heavy atom. The predicted molar refractivity (Wildman–Crippen MR) is 79.3 cm³/mol. The normalized spacial score (nSPS) is 26.0. The molecule has 2 unspecified atom stereocenters. The molecule has 5 heteroatoms. The van der Waals surface area contributed by atoms with E-state index in [0.717, 1.165) is 29.4 Å². The van der Waals surface area contributed by atoms with Gasteiger partial charge in [0, 0.05) is 13.1 Å². The lowest BCUT2D eigenvalue weighted by atomic mass is 9.85. The molecule has 0 bridgehead atoms. The van der Waals surface area contributed by atoms with Crippen molar-refractivity contribution >= 4 is 21.6 Å². The molecular weight excluding hydrogens is 306 g/mol. The van der Waals surface area contributed by atoms with Crippen LogP contribution >= 0.6 is 15.9 Å². The van der Waals surface area contributed by atoms with Crippen LogP contribution in [-0.4, -0.2) is 16.3 Å². The maximum absolute atomic E-state index is 12.4. The quantitative estimate of drug-likeness (QED) is 0.905. The van der Waals surface area contributed by atoms with Crippen molar-refractivity contribution in [3.05, 3.63) is 21.0 Å². The lowest BCUT2D eigenvalue weighted by Crippen LogP contribution is -2.31. The van der Waals surface area contributed by atoms with Crippen LogP contribution in [0.5, 0.6) is 0 Å². The Morgan fingerprint density at radius 3 is 2.84 bits per heavy atom. The summed E-state index contributed by atoms with van der Waals surface area (Å²) in [4.78, 5) is 12.4. The second-order valence-electron chi connectivity index (χ2n) is 6.01. The number of hydrogen-bond acceptors (Lipinski definition) is 3. The van der Waals surface area contributed by atoms with E-state index in [0.29, 0.717) is 11.6 Å². The van der Waals surface area contributed by atoms with Crippen molar-refractivity contribution in [1.82, 2.24) is 9.78 Å². The Hall–Kier alpha value is -0.840. The van der Waals surface area contributed by atoms with Crippen LogP contribution in [0.4, 0.5) is 5.69 Å². The van der Waals surface area contributed by atoms with E-state index < -0.39 is 0 Å². The van der Waals surface area contributed by atoms with E-state index in [9.17, 15) is 4.79 Å². The van der Waals surface area contributed by atoms with Crippen molar-refractivity contribution in [2.45, 2.75) is 39.2 Å². The molecular formula is C14H20BrN3O. The minimum Gasteiger partial charge on any atom is -0.379 e. The Kier molecular flexibility index (Phi) is 3.65. The van der Waals surface area contributed by atoms with Crippen LogP contribution < -0.4 is 10.9 Å². The fraction of sp³-hybridized carbons (Fsp3) is 0.714. The van der Waals surface area contributed by atoms with Crippen LogP contribution in [0.1, 0.15) is 32.6 Å². The number of nitrogens with zero attached hydrogens (tertiary/aromatic N) is 2. The highest BCUT2D eigenvalue weighted by atomic mass is 79.9. The molecule has 104 valence electrons. The molecule has 2 fully saturated rings. The third-order valence-corrected chi connectivity index (χ3v) is 5.07. The zero-order chi connectivity index (χ0) is 13.4. The monoisotopic (exact) mass is 325 g/mol. The predicted octanol–water partition coefficient (Wildman–Crippen LogP) is 2.87. The molecule has 1 aromatic rings. The highest BCUT2D eigenvalue weighted by Crippen LogP contribution is 2.37. The average molecular weight is 326 g/mol. The molecule has 0 saturated heterocycles. The van der Waals surface area contributed by atoms with Crippen molar-refractivity contribution in [2.24, 2.45) is 17.8 Å². The molecule has 0 amide bonds. The van der Waals surface area contributed by atoms with Gasteiger partial charge < -0.3 is 5.32 Å². The van der Waals surface area contributed by atoms with Crippen molar-refractivity contribution < 1.29 is 0 Å². The molecule has 2 aliphatic carbocycles. The summed E-state index contributed by atoms with van der Waals surface area (Å²) in [6, 6.07) is 0. The summed E-state index contributed by atoms with van der Waals surface area (Å²) in [6.07, 6.45) is 6.75. The van der Waals surface area contributed by atoms with Gasteiger partial charge in [0.25, 0.3) is 5.56 Å². The molecule has 1 heterocycles. The highest BCUT2D eigenvalue weighted by Gasteiger charge is 2.32. The third kappa shape index (κ3) is 2.86. The van der Waals surface area contributed by atoms with E-state index in [1.165, 1.54) is 25.7 Å². The molecule has 0 spiro atoms. The van der Waals surface area contributed by atoms with Crippen molar-refractivity contribution in [3.63, 3.8) is 0 Å². The number of anilines is 1. The lowest BCUT2D eigenvalue weighted by molar-refractivity contribution is 0.262. The first-order valence-corrected chi connectivity index (χ1v) is 7.94. The lowest BCUT2D eigenvalue weighted by Gasteiger charge is -2.25. The first-order valence-electron chi connectivity index (χ1n) is 7.14. The summed E-state index contributed by atoms with van der Waals surface area (Å²) in [5.41, 5.74) is 0.683. The van der Waals surface area contributed by atoms with Crippen LogP contribution in [0.15, 0.2) is 15.5 Å². The Morgan fingerprint density at radius 1 is 1.53 bits per heavy atom. The third-order valence-electron chi connectivity index (χ3n) is 4.47. The second-order valence-corrected chi connectivity index (χ2v) is 6.86. The van der Waals surface area contributed by atoms with Crippen LogP contribution in [0.2, 0.25) is 0 Å². The first kappa shape index (κ1) is 13.2. The van der Waals surface area contributed by atoms with E-state index in [1.54, 1.807) is 10.9 Å². The molecule has 0 aliphatic heterocycles. The van der Waals surface area contributed by atoms with Gasteiger partial charge in [-0.25, -0.2) is 4.68 Å². The summed E-state index contributed by atoms with van der Waals surface area (Å²) in [6.45, 7) is 3.91. The molecule has 4 nitrogen and oxygen atoms in total. The molecule has 2 atom stereocenters. The van der Waals surface area contributed by atoms with Crippen LogP contribution in [0, 0.1) is 17.8 Å². The molecule has 19 heavy (non-hydrogen) atoms. The zero-order valence-electron chi connectivity index (χ0n) is 11.2. The van der Waals surface area contributed by atoms with Gasteiger partial charge in [-0.2, -0.15) is 5.10 Å². The fourth-order valence-corrected chi connectivity index (χ4v) is 3.00. The number of rotatable bonds is 5. The van der Waals surface area contributed by atoms with Gasteiger partial charge in [-0.3, -0.25) is 4.79 Å². The molecule has 1 N–H and O–H groups in total. The van der Waals surface area contributed by atoms with Crippen LogP contribution in [0.3, 0.4) is 0 Å². The summed E-state index contributed by atoms with van der Waals surface area (Å²) < 4.78 is 2.39. The number of nitrogens with one attached hydrogen (secondary N) is 1. The van der Waals surface area contributed by atoms with E-state index in [-0.39, 0.29) is 5.56 Å². The Bertz CT molecular complexity index is 524. The average Bonchev–Trinajstić information content (AvgIpc) is 3.02. The van der Waals surface area contributed by atoms with E-state index in [2.05, 4.69) is 33.3 Å². The minimum absolute atomic E-state index is 0.00887. The van der Waals surface area contributed by atoms with Crippen molar-refractivity contribution in [3.8, 4) is 0 Å². The highest BCUT2D eigenvalue weighted by molar-refractivity contribution is 9.10. The number of hydrogen-bond donors (Lipinski definition) is 1. The fourth-order valence-electron chi connectivity index (χ4n) is 2.60.